The van der Waals surface area contributed by atoms with Gasteiger partial charge in [0.25, 0.3) is 0 Å². The van der Waals surface area contributed by atoms with Crippen molar-refractivity contribution < 1.29 is 0 Å². The first-order valence-corrected chi connectivity index (χ1v) is 4.56. The summed E-state index contributed by atoms with van der Waals surface area (Å²) in [7, 11) is 0. The van der Waals surface area contributed by atoms with Gasteiger partial charge in [-0.3, -0.25) is 9.78 Å². The summed E-state index contributed by atoms with van der Waals surface area (Å²) in [4.78, 5) is 0. The Kier molecular flexibility index (Phi) is 1.99. The summed E-state index contributed by atoms with van der Waals surface area (Å²) in [6.45, 7) is 4.96. The van der Waals surface area contributed by atoms with Crippen LogP contribution in [0.25, 0.3) is 11.3 Å². The second kappa shape index (κ2) is 3.17. The van der Waals surface area contributed by atoms with Gasteiger partial charge in [0.15, 0.2) is 0 Å². The molecule has 74 valence electrons. The predicted octanol–water partition coefficient (Wildman–Crippen LogP) is 1.18. The largest absolute Gasteiger partial charge is 0.382 e. The summed E-state index contributed by atoms with van der Waals surface area (Å²) in [6, 6.07) is 1.81. The van der Waals surface area contributed by atoms with Crippen molar-refractivity contribution >= 4 is 5.82 Å². The van der Waals surface area contributed by atoms with Crippen molar-refractivity contribution in [2.75, 3.05) is 5.73 Å². The van der Waals surface area contributed by atoms with Crippen LogP contribution in [0, 0.1) is 6.92 Å². The smallest absolute Gasteiger partial charge is 0.145 e. The second-order valence-electron chi connectivity index (χ2n) is 3.17. The number of nitrogen functional groups attached to an aromatic ring is 1. The maximum atomic E-state index is 5.54. The third-order valence-electron chi connectivity index (χ3n) is 2.29. The standard InChI is InChI=1S/C9H13N5/c1-3-14-6(2)7(5-11-14)8-4-9(10)13-12-8/h4-5H,3H2,1-2H3,(H3,10,12,13). The van der Waals surface area contributed by atoms with Gasteiger partial charge >= 0.3 is 0 Å². The molecule has 5 nitrogen and oxygen atoms in total. The molecule has 3 N–H and O–H groups in total. The van der Waals surface area contributed by atoms with Crippen LogP contribution in [0.5, 0.6) is 0 Å². The summed E-state index contributed by atoms with van der Waals surface area (Å²) in [5.74, 6) is 0.503. The molecule has 0 spiro atoms. The van der Waals surface area contributed by atoms with E-state index in [-0.39, 0.29) is 0 Å². The minimum absolute atomic E-state index is 0.503. The molecule has 5 heteroatoms. The van der Waals surface area contributed by atoms with Gasteiger partial charge in [-0.25, -0.2) is 0 Å². The molecule has 0 aliphatic rings. The number of nitrogens with zero attached hydrogens (tertiary/aromatic N) is 3. The number of nitrogens with two attached hydrogens (primary N) is 1. The van der Waals surface area contributed by atoms with Crippen molar-refractivity contribution in [2.45, 2.75) is 20.4 Å². The van der Waals surface area contributed by atoms with Crippen molar-refractivity contribution in [1.29, 1.82) is 0 Å². The number of rotatable bonds is 2. The summed E-state index contributed by atoms with van der Waals surface area (Å²) in [5, 5.41) is 11.0. The summed E-state index contributed by atoms with van der Waals surface area (Å²) < 4.78 is 1.94. The first-order chi connectivity index (χ1) is 6.72. The van der Waals surface area contributed by atoms with Gasteiger partial charge in [0.2, 0.25) is 0 Å². The van der Waals surface area contributed by atoms with Crippen molar-refractivity contribution in [3.8, 4) is 11.3 Å². The van der Waals surface area contributed by atoms with Crippen LogP contribution in [0.3, 0.4) is 0 Å². The first-order valence-electron chi connectivity index (χ1n) is 4.56. The number of nitrogens with one attached hydrogen (secondary N) is 1. The fourth-order valence-corrected chi connectivity index (χ4v) is 1.50. The van der Waals surface area contributed by atoms with Crippen LogP contribution >= 0.6 is 0 Å². The molecule has 2 heterocycles. The van der Waals surface area contributed by atoms with Crippen LogP contribution in [0.1, 0.15) is 12.6 Å². The Balaban J connectivity index is 2.46. The molecule has 2 rings (SSSR count). The van der Waals surface area contributed by atoms with E-state index >= 15 is 0 Å². The Labute approximate surface area is 81.9 Å². The average Bonchev–Trinajstić information content (AvgIpc) is 2.72. The van der Waals surface area contributed by atoms with E-state index in [0.717, 1.165) is 23.5 Å². The number of hydrogen-bond donors (Lipinski definition) is 2. The third-order valence-corrected chi connectivity index (χ3v) is 2.29. The van der Waals surface area contributed by atoms with E-state index in [1.807, 2.05) is 23.9 Å². The van der Waals surface area contributed by atoms with Crippen LogP contribution < -0.4 is 5.73 Å². The lowest BCUT2D eigenvalue weighted by Crippen LogP contribution is -1.98. The van der Waals surface area contributed by atoms with E-state index in [2.05, 4.69) is 22.2 Å². The van der Waals surface area contributed by atoms with E-state index in [9.17, 15) is 0 Å². The highest BCUT2D eigenvalue weighted by molar-refractivity contribution is 5.63. The number of anilines is 1. The zero-order chi connectivity index (χ0) is 10.1. The lowest BCUT2D eigenvalue weighted by atomic mass is 10.2. The minimum atomic E-state index is 0.503. The van der Waals surface area contributed by atoms with Gasteiger partial charge < -0.3 is 5.73 Å². The van der Waals surface area contributed by atoms with Crippen molar-refractivity contribution in [3.05, 3.63) is 18.0 Å². The molecule has 0 atom stereocenters. The quantitative estimate of drug-likeness (QED) is 0.748. The molecular formula is C9H13N5. The van der Waals surface area contributed by atoms with Crippen molar-refractivity contribution in [1.82, 2.24) is 20.0 Å². The fourth-order valence-electron chi connectivity index (χ4n) is 1.50. The van der Waals surface area contributed by atoms with Crippen LogP contribution in [-0.2, 0) is 6.54 Å². The van der Waals surface area contributed by atoms with Crippen LogP contribution in [0.2, 0.25) is 0 Å². The van der Waals surface area contributed by atoms with Gasteiger partial charge in [0, 0.05) is 23.9 Å². The van der Waals surface area contributed by atoms with Gasteiger partial charge in [0.1, 0.15) is 5.82 Å². The maximum absolute atomic E-state index is 5.54. The molecule has 2 aromatic heterocycles. The molecule has 0 unspecified atom stereocenters. The molecular weight excluding hydrogens is 178 g/mol. The molecule has 2 aromatic rings. The van der Waals surface area contributed by atoms with E-state index in [1.54, 1.807) is 0 Å². The van der Waals surface area contributed by atoms with E-state index < -0.39 is 0 Å². The highest BCUT2D eigenvalue weighted by Gasteiger charge is 2.09. The van der Waals surface area contributed by atoms with E-state index in [1.165, 1.54) is 0 Å². The Morgan fingerprint density at radius 2 is 2.36 bits per heavy atom. The highest BCUT2D eigenvalue weighted by atomic mass is 15.3. The predicted molar refractivity (Wildman–Crippen MR) is 54.6 cm³/mol. The zero-order valence-electron chi connectivity index (χ0n) is 8.28. The Bertz CT molecular complexity index is 440. The highest BCUT2D eigenvalue weighted by Crippen LogP contribution is 2.21. The topological polar surface area (TPSA) is 72.5 Å². The Morgan fingerprint density at radius 1 is 1.57 bits per heavy atom. The van der Waals surface area contributed by atoms with Crippen LogP contribution in [0.15, 0.2) is 12.3 Å². The average molecular weight is 191 g/mol. The zero-order valence-corrected chi connectivity index (χ0v) is 8.28. The SMILES string of the molecule is CCn1ncc(-c2cc(N)n[nH]2)c1C. The number of aromatic amines is 1. The van der Waals surface area contributed by atoms with Gasteiger partial charge in [-0.2, -0.15) is 10.2 Å². The molecule has 0 amide bonds. The number of aromatic nitrogens is 4. The molecule has 14 heavy (non-hydrogen) atoms. The summed E-state index contributed by atoms with van der Waals surface area (Å²) in [6.07, 6.45) is 1.83. The third kappa shape index (κ3) is 1.26. The van der Waals surface area contributed by atoms with Gasteiger partial charge in [-0.05, 0) is 13.8 Å². The van der Waals surface area contributed by atoms with Crippen LogP contribution in [-0.4, -0.2) is 20.0 Å². The number of hydrogen-bond acceptors (Lipinski definition) is 3. The summed E-state index contributed by atoms with van der Waals surface area (Å²) in [5.41, 5.74) is 8.63. The lowest BCUT2D eigenvalue weighted by Gasteiger charge is -1.99. The second-order valence-corrected chi connectivity index (χ2v) is 3.17. The Hall–Kier alpha value is -1.78. The number of aryl methyl sites for hydroxylation is 1. The first kappa shape index (κ1) is 8.80. The lowest BCUT2D eigenvalue weighted by molar-refractivity contribution is 0.640. The molecule has 0 aromatic carbocycles. The molecule has 0 radical (unpaired) electrons. The molecule has 0 aliphatic carbocycles. The molecule has 0 saturated carbocycles. The number of H-pyrrole nitrogens is 1. The maximum Gasteiger partial charge on any atom is 0.145 e. The molecule has 0 saturated heterocycles. The van der Waals surface area contributed by atoms with Crippen LogP contribution in [0.4, 0.5) is 5.82 Å². The molecule has 0 bridgehead atoms. The van der Waals surface area contributed by atoms with Gasteiger partial charge in [-0.1, -0.05) is 0 Å². The monoisotopic (exact) mass is 191 g/mol. The van der Waals surface area contributed by atoms with E-state index in [4.69, 9.17) is 5.73 Å². The fraction of sp³-hybridized carbons (Fsp3) is 0.333. The van der Waals surface area contributed by atoms with E-state index in [0.29, 0.717) is 5.82 Å². The summed E-state index contributed by atoms with van der Waals surface area (Å²) >= 11 is 0. The van der Waals surface area contributed by atoms with Crippen molar-refractivity contribution in [2.24, 2.45) is 0 Å². The minimum Gasteiger partial charge on any atom is -0.382 e. The normalized spacial score (nSPS) is 10.7. The van der Waals surface area contributed by atoms with Gasteiger partial charge in [-0.15, -0.1) is 0 Å². The van der Waals surface area contributed by atoms with Crippen molar-refractivity contribution in [3.63, 3.8) is 0 Å². The molecule has 0 fully saturated rings. The molecule has 0 aliphatic heterocycles. The Morgan fingerprint density at radius 3 is 2.86 bits per heavy atom. The van der Waals surface area contributed by atoms with Gasteiger partial charge in [0.05, 0.1) is 11.9 Å².